The summed E-state index contributed by atoms with van der Waals surface area (Å²) in [4.78, 5) is 8.07. The van der Waals surface area contributed by atoms with Gasteiger partial charge in [-0.3, -0.25) is 5.10 Å². The van der Waals surface area contributed by atoms with E-state index in [1.165, 1.54) is 0 Å². The second-order valence-electron chi connectivity index (χ2n) is 4.05. The molecule has 4 rings (SSSR count). The molecule has 2 aromatic heterocycles. The summed E-state index contributed by atoms with van der Waals surface area (Å²) in [6, 6.07) is 5.26. The smallest absolute Gasteiger partial charge is 0.234 e. The predicted molar refractivity (Wildman–Crippen MR) is 69.3 cm³/mol. The van der Waals surface area contributed by atoms with Gasteiger partial charge in [0.25, 0.3) is 0 Å². The maximum absolute atomic E-state index is 5.85. The Morgan fingerprint density at radius 2 is 2.10 bits per heavy atom. The zero-order valence-electron chi connectivity index (χ0n) is 9.96. The van der Waals surface area contributed by atoms with Crippen molar-refractivity contribution in [2.24, 2.45) is 0 Å². The minimum absolute atomic E-state index is 0.0810. The van der Waals surface area contributed by atoms with Crippen LogP contribution in [-0.2, 0) is 0 Å². The Kier molecular flexibility index (Phi) is 2.40. The molecule has 0 unspecified atom stereocenters. The van der Waals surface area contributed by atoms with Crippen molar-refractivity contribution in [3.8, 4) is 23.1 Å². The second-order valence-corrected chi connectivity index (χ2v) is 4.39. The fourth-order valence-corrected chi connectivity index (χ4v) is 2.07. The lowest BCUT2D eigenvalue weighted by Gasteiger charge is -2.06. The van der Waals surface area contributed by atoms with Crippen LogP contribution in [0.4, 0.5) is 0 Å². The molecule has 1 N–H and O–H groups in total. The SMILES string of the molecule is Clc1nc(Oc2ccc3c(c2)OCO3)c2cn[nH]c2n1. The highest BCUT2D eigenvalue weighted by atomic mass is 35.5. The summed E-state index contributed by atoms with van der Waals surface area (Å²) < 4.78 is 16.3. The topological polar surface area (TPSA) is 82.1 Å². The molecule has 3 aromatic rings. The fourth-order valence-electron chi connectivity index (χ4n) is 1.91. The lowest BCUT2D eigenvalue weighted by Crippen LogP contribution is -1.93. The van der Waals surface area contributed by atoms with E-state index in [4.69, 9.17) is 25.8 Å². The average molecular weight is 291 g/mol. The van der Waals surface area contributed by atoms with Crippen molar-refractivity contribution in [2.75, 3.05) is 6.79 Å². The first-order valence-electron chi connectivity index (χ1n) is 5.74. The first-order chi connectivity index (χ1) is 9.79. The Morgan fingerprint density at radius 3 is 3.05 bits per heavy atom. The summed E-state index contributed by atoms with van der Waals surface area (Å²) in [5.74, 6) is 2.21. The van der Waals surface area contributed by atoms with Crippen molar-refractivity contribution in [1.29, 1.82) is 0 Å². The number of hydrogen-bond donors (Lipinski definition) is 1. The summed E-state index contributed by atoms with van der Waals surface area (Å²) in [7, 11) is 0. The summed E-state index contributed by atoms with van der Waals surface area (Å²) in [5, 5.41) is 7.34. The number of H-pyrrole nitrogens is 1. The lowest BCUT2D eigenvalue weighted by molar-refractivity contribution is 0.174. The molecule has 1 aliphatic rings. The van der Waals surface area contributed by atoms with E-state index >= 15 is 0 Å². The normalized spacial score (nSPS) is 12.8. The number of ether oxygens (including phenoxy) is 3. The van der Waals surface area contributed by atoms with Gasteiger partial charge in [-0.2, -0.15) is 15.1 Å². The van der Waals surface area contributed by atoms with Gasteiger partial charge in [0, 0.05) is 6.07 Å². The average Bonchev–Trinajstić information content (AvgIpc) is 3.05. The Morgan fingerprint density at radius 1 is 1.20 bits per heavy atom. The molecule has 0 aliphatic carbocycles. The van der Waals surface area contributed by atoms with Gasteiger partial charge in [0.1, 0.15) is 11.1 Å². The molecule has 0 bridgehead atoms. The summed E-state index contributed by atoms with van der Waals surface area (Å²) in [6.45, 7) is 0.212. The highest BCUT2D eigenvalue weighted by Gasteiger charge is 2.16. The maximum Gasteiger partial charge on any atom is 0.234 e. The molecular weight excluding hydrogens is 284 g/mol. The van der Waals surface area contributed by atoms with Crippen molar-refractivity contribution < 1.29 is 14.2 Å². The summed E-state index contributed by atoms with van der Waals surface area (Å²) >= 11 is 5.85. The van der Waals surface area contributed by atoms with Crippen LogP contribution in [0.15, 0.2) is 24.4 Å². The Labute approximate surface area is 117 Å². The highest BCUT2D eigenvalue weighted by molar-refractivity contribution is 6.28. The molecule has 1 aliphatic heterocycles. The Hall–Kier alpha value is -2.54. The number of halogens is 1. The van der Waals surface area contributed by atoms with Crippen molar-refractivity contribution in [3.05, 3.63) is 29.7 Å². The van der Waals surface area contributed by atoms with Gasteiger partial charge in [0.05, 0.1) is 6.20 Å². The van der Waals surface area contributed by atoms with E-state index in [1.807, 2.05) is 0 Å². The molecule has 8 heteroatoms. The molecule has 0 amide bonds. The van der Waals surface area contributed by atoms with Crippen LogP contribution in [0.5, 0.6) is 23.1 Å². The molecule has 0 atom stereocenters. The van der Waals surface area contributed by atoms with E-state index in [-0.39, 0.29) is 12.1 Å². The number of aromatic amines is 1. The molecule has 0 fully saturated rings. The van der Waals surface area contributed by atoms with E-state index in [0.29, 0.717) is 34.2 Å². The van der Waals surface area contributed by atoms with E-state index in [2.05, 4.69) is 20.2 Å². The van der Waals surface area contributed by atoms with E-state index in [1.54, 1.807) is 24.4 Å². The lowest BCUT2D eigenvalue weighted by atomic mass is 10.3. The minimum Gasteiger partial charge on any atom is -0.454 e. The number of benzene rings is 1. The summed E-state index contributed by atoms with van der Waals surface area (Å²) in [6.07, 6.45) is 1.58. The molecule has 7 nitrogen and oxygen atoms in total. The molecule has 0 spiro atoms. The Balaban J connectivity index is 1.75. The van der Waals surface area contributed by atoms with Crippen LogP contribution >= 0.6 is 11.6 Å². The van der Waals surface area contributed by atoms with Gasteiger partial charge in [0.2, 0.25) is 18.0 Å². The molecule has 20 heavy (non-hydrogen) atoms. The van der Waals surface area contributed by atoms with Crippen LogP contribution in [0.25, 0.3) is 11.0 Å². The zero-order chi connectivity index (χ0) is 13.5. The maximum atomic E-state index is 5.85. The number of hydrogen-bond acceptors (Lipinski definition) is 6. The molecule has 0 saturated heterocycles. The number of fused-ring (bicyclic) bond motifs is 2. The van der Waals surface area contributed by atoms with Crippen LogP contribution in [0.3, 0.4) is 0 Å². The van der Waals surface area contributed by atoms with Crippen LogP contribution in [-0.4, -0.2) is 27.0 Å². The monoisotopic (exact) mass is 290 g/mol. The first-order valence-corrected chi connectivity index (χ1v) is 6.11. The standard InChI is InChI=1S/C12H7ClN4O3/c13-12-15-10-7(4-14-17-10)11(16-12)20-6-1-2-8-9(3-6)19-5-18-8/h1-4H,5H2,(H,14,15,16,17). The van der Waals surface area contributed by atoms with E-state index < -0.39 is 0 Å². The third-order valence-electron chi connectivity index (χ3n) is 2.81. The van der Waals surface area contributed by atoms with Crippen LogP contribution in [0.2, 0.25) is 5.28 Å². The number of aromatic nitrogens is 4. The quantitative estimate of drug-likeness (QED) is 0.730. The largest absolute Gasteiger partial charge is 0.454 e. The van der Waals surface area contributed by atoms with Gasteiger partial charge < -0.3 is 14.2 Å². The van der Waals surface area contributed by atoms with Gasteiger partial charge in [-0.15, -0.1) is 0 Å². The number of nitrogens with one attached hydrogen (secondary N) is 1. The van der Waals surface area contributed by atoms with Gasteiger partial charge in [0.15, 0.2) is 17.1 Å². The van der Waals surface area contributed by atoms with Crippen molar-refractivity contribution in [2.45, 2.75) is 0 Å². The molecule has 100 valence electrons. The molecule has 3 heterocycles. The third-order valence-corrected chi connectivity index (χ3v) is 2.98. The number of rotatable bonds is 2. The highest BCUT2D eigenvalue weighted by Crippen LogP contribution is 2.37. The van der Waals surface area contributed by atoms with Gasteiger partial charge in [-0.25, -0.2) is 0 Å². The summed E-state index contributed by atoms with van der Waals surface area (Å²) in [5.41, 5.74) is 0.515. The molecular formula is C12H7ClN4O3. The fraction of sp³-hybridized carbons (Fsp3) is 0.0833. The van der Waals surface area contributed by atoms with Crippen LogP contribution in [0, 0.1) is 0 Å². The number of nitrogens with zero attached hydrogens (tertiary/aromatic N) is 3. The minimum atomic E-state index is 0.0810. The Bertz CT molecular complexity index is 804. The van der Waals surface area contributed by atoms with Crippen molar-refractivity contribution >= 4 is 22.6 Å². The van der Waals surface area contributed by atoms with E-state index in [0.717, 1.165) is 0 Å². The molecule has 0 saturated carbocycles. The van der Waals surface area contributed by atoms with Gasteiger partial charge in [-0.05, 0) is 23.7 Å². The first kappa shape index (κ1) is 11.3. The van der Waals surface area contributed by atoms with E-state index in [9.17, 15) is 0 Å². The van der Waals surface area contributed by atoms with Crippen molar-refractivity contribution in [3.63, 3.8) is 0 Å². The second kappa shape index (κ2) is 4.24. The van der Waals surface area contributed by atoms with Crippen LogP contribution in [0.1, 0.15) is 0 Å². The zero-order valence-corrected chi connectivity index (χ0v) is 10.7. The van der Waals surface area contributed by atoms with Gasteiger partial charge >= 0.3 is 0 Å². The molecule has 1 aromatic carbocycles. The molecule has 0 radical (unpaired) electrons. The van der Waals surface area contributed by atoms with Crippen molar-refractivity contribution in [1.82, 2.24) is 20.2 Å². The van der Waals surface area contributed by atoms with Gasteiger partial charge in [-0.1, -0.05) is 0 Å². The third kappa shape index (κ3) is 1.79. The van der Waals surface area contributed by atoms with Crippen LogP contribution < -0.4 is 14.2 Å². The predicted octanol–water partition coefficient (Wildman–Crippen LogP) is 2.53.